The predicted molar refractivity (Wildman–Crippen MR) is 162 cm³/mol. The minimum atomic E-state index is 0.648. The molecule has 0 aliphatic rings. The lowest BCUT2D eigenvalue weighted by molar-refractivity contribution is 0.668. The van der Waals surface area contributed by atoms with E-state index in [-0.39, 0.29) is 0 Å². The molecule has 3 nitrogen and oxygen atoms in total. The zero-order chi connectivity index (χ0) is 26.6. The highest BCUT2D eigenvalue weighted by molar-refractivity contribution is 6.07. The Balaban J connectivity index is 1.35. The summed E-state index contributed by atoms with van der Waals surface area (Å²) in [5.41, 5.74) is 10.8. The molecule has 0 atom stereocenters. The molecule has 6 aromatic carbocycles. The number of nitriles is 1. The topological polar surface area (TPSA) is 50.1 Å². The first kappa shape index (κ1) is 22.4. The maximum Gasteiger partial charge on any atom is 0.135 e. The Kier molecular flexibility index (Phi) is 4.89. The van der Waals surface area contributed by atoms with Crippen LogP contribution in [0.25, 0.3) is 77.3 Å². The zero-order valence-corrected chi connectivity index (χ0v) is 21.4. The highest BCUT2D eigenvalue weighted by Gasteiger charge is 2.13. The van der Waals surface area contributed by atoms with E-state index >= 15 is 0 Å². The normalized spacial score (nSPS) is 11.5. The minimum Gasteiger partial charge on any atom is -0.456 e. The van der Waals surface area contributed by atoms with Gasteiger partial charge in [0, 0.05) is 21.5 Å². The van der Waals surface area contributed by atoms with Gasteiger partial charge < -0.3 is 8.83 Å². The van der Waals surface area contributed by atoms with E-state index in [1.165, 1.54) is 0 Å². The molecule has 0 aliphatic heterocycles. The molecule has 0 unspecified atom stereocenters. The van der Waals surface area contributed by atoms with Gasteiger partial charge in [0.1, 0.15) is 22.3 Å². The van der Waals surface area contributed by atoms with Crippen LogP contribution in [0.5, 0.6) is 0 Å². The summed E-state index contributed by atoms with van der Waals surface area (Å²) >= 11 is 0. The second-order valence-electron chi connectivity index (χ2n) is 10.1. The van der Waals surface area contributed by atoms with Crippen molar-refractivity contribution in [2.24, 2.45) is 0 Å². The summed E-state index contributed by atoms with van der Waals surface area (Å²) in [6.07, 6.45) is 0. The quantitative estimate of drug-likeness (QED) is 0.237. The van der Waals surface area contributed by atoms with Gasteiger partial charge in [0.25, 0.3) is 0 Å². The van der Waals surface area contributed by atoms with Gasteiger partial charge in [-0.3, -0.25) is 0 Å². The third-order valence-electron chi connectivity index (χ3n) is 7.70. The molecule has 0 spiro atoms. The van der Waals surface area contributed by atoms with Crippen molar-refractivity contribution in [3.63, 3.8) is 0 Å². The number of rotatable bonds is 3. The smallest absolute Gasteiger partial charge is 0.135 e. The van der Waals surface area contributed by atoms with E-state index in [1.807, 2.05) is 60.7 Å². The Morgan fingerprint density at radius 1 is 0.375 bits per heavy atom. The molecule has 0 N–H and O–H groups in total. The maximum absolute atomic E-state index is 9.31. The maximum atomic E-state index is 9.31. The van der Waals surface area contributed by atoms with Crippen LogP contribution < -0.4 is 0 Å². The number of benzene rings is 6. The van der Waals surface area contributed by atoms with Gasteiger partial charge >= 0.3 is 0 Å². The summed E-state index contributed by atoms with van der Waals surface area (Å²) in [4.78, 5) is 0. The van der Waals surface area contributed by atoms with E-state index < -0.39 is 0 Å². The summed E-state index contributed by atoms with van der Waals surface area (Å²) in [6, 6.07) is 45.8. The van der Waals surface area contributed by atoms with Crippen molar-refractivity contribution < 1.29 is 8.83 Å². The molecule has 186 valence electrons. The Morgan fingerprint density at radius 2 is 0.800 bits per heavy atom. The first-order valence-corrected chi connectivity index (χ1v) is 13.2. The van der Waals surface area contributed by atoms with Crippen LogP contribution in [0.2, 0.25) is 0 Å². The van der Waals surface area contributed by atoms with Crippen LogP contribution in [-0.4, -0.2) is 0 Å². The highest BCUT2D eigenvalue weighted by atomic mass is 16.3. The van der Waals surface area contributed by atoms with Crippen LogP contribution >= 0.6 is 0 Å². The zero-order valence-electron chi connectivity index (χ0n) is 21.4. The van der Waals surface area contributed by atoms with Gasteiger partial charge in [-0.1, -0.05) is 60.7 Å². The monoisotopic (exact) mass is 511 g/mol. The van der Waals surface area contributed by atoms with Gasteiger partial charge in [-0.25, -0.2) is 0 Å². The minimum absolute atomic E-state index is 0.648. The van der Waals surface area contributed by atoms with Gasteiger partial charge in [-0.05, 0) is 100 Å². The Hall–Kier alpha value is -5.59. The molecule has 3 heteroatoms. The van der Waals surface area contributed by atoms with E-state index in [0.29, 0.717) is 5.56 Å². The molecule has 0 bridgehead atoms. The van der Waals surface area contributed by atoms with Crippen molar-refractivity contribution in [3.8, 4) is 39.4 Å². The van der Waals surface area contributed by atoms with Crippen LogP contribution in [0.4, 0.5) is 0 Å². The summed E-state index contributed by atoms with van der Waals surface area (Å²) in [6.45, 7) is 0. The molecular formula is C37H21NO2. The lowest BCUT2D eigenvalue weighted by Gasteiger charge is -2.12. The molecular weight excluding hydrogens is 490 g/mol. The van der Waals surface area contributed by atoms with Crippen molar-refractivity contribution >= 4 is 43.9 Å². The third-order valence-corrected chi connectivity index (χ3v) is 7.70. The summed E-state index contributed by atoms with van der Waals surface area (Å²) in [5.74, 6) is 0. The van der Waals surface area contributed by atoms with Gasteiger partial charge in [-0.2, -0.15) is 5.26 Å². The highest BCUT2D eigenvalue weighted by Crippen LogP contribution is 2.38. The standard InChI is InChI=1S/C37H21NO2/c38-22-23-9-11-24(12-10-23)27-17-28(25-13-15-36-32(20-25)30-5-1-3-7-34(30)39-36)19-29(18-27)26-14-16-37-33(21-26)31-6-2-4-8-35(31)40-37/h1-21H. The number of para-hydroxylation sites is 2. The van der Waals surface area contributed by atoms with Gasteiger partial charge in [0.15, 0.2) is 0 Å². The molecule has 0 amide bonds. The van der Waals surface area contributed by atoms with E-state index in [4.69, 9.17) is 8.83 Å². The Morgan fingerprint density at radius 3 is 1.30 bits per heavy atom. The average molecular weight is 512 g/mol. The first-order valence-electron chi connectivity index (χ1n) is 13.2. The number of hydrogen-bond acceptors (Lipinski definition) is 3. The molecule has 2 heterocycles. The molecule has 0 radical (unpaired) electrons. The van der Waals surface area contributed by atoms with Crippen LogP contribution in [-0.2, 0) is 0 Å². The third kappa shape index (κ3) is 3.59. The number of nitrogens with zero attached hydrogens (tertiary/aromatic N) is 1. The van der Waals surface area contributed by atoms with Crippen molar-refractivity contribution in [3.05, 3.63) is 133 Å². The van der Waals surface area contributed by atoms with Crippen molar-refractivity contribution in [2.75, 3.05) is 0 Å². The SMILES string of the molecule is N#Cc1ccc(-c2cc(-c3ccc4oc5ccccc5c4c3)cc(-c3ccc4oc5ccccc5c4c3)c2)cc1. The van der Waals surface area contributed by atoms with E-state index in [2.05, 4.69) is 72.8 Å². The largest absolute Gasteiger partial charge is 0.456 e. The lowest BCUT2D eigenvalue weighted by Crippen LogP contribution is -1.87. The summed E-state index contributed by atoms with van der Waals surface area (Å²) in [7, 11) is 0. The van der Waals surface area contributed by atoms with Crippen LogP contribution in [0, 0.1) is 11.3 Å². The van der Waals surface area contributed by atoms with Gasteiger partial charge in [-0.15, -0.1) is 0 Å². The molecule has 8 rings (SSSR count). The van der Waals surface area contributed by atoms with E-state index in [1.54, 1.807) is 0 Å². The number of furan rings is 2. The van der Waals surface area contributed by atoms with Crippen molar-refractivity contribution in [1.82, 2.24) is 0 Å². The fourth-order valence-electron chi connectivity index (χ4n) is 5.68. The van der Waals surface area contributed by atoms with Crippen LogP contribution in [0.3, 0.4) is 0 Å². The summed E-state index contributed by atoms with van der Waals surface area (Å²) < 4.78 is 12.2. The van der Waals surface area contributed by atoms with E-state index in [0.717, 1.165) is 77.3 Å². The molecule has 8 aromatic rings. The molecule has 0 saturated carbocycles. The Labute approximate surface area is 230 Å². The van der Waals surface area contributed by atoms with Crippen LogP contribution in [0.1, 0.15) is 5.56 Å². The van der Waals surface area contributed by atoms with Crippen molar-refractivity contribution in [2.45, 2.75) is 0 Å². The van der Waals surface area contributed by atoms with Gasteiger partial charge in [0.05, 0.1) is 11.6 Å². The first-order chi connectivity index (χ1) is 19.7. The average Bonchev–Trinajstić information content (AvgIpc) is 3.58. The number of hydrogen-bond donors (Lipinski definition) is 0. The molecule has 2 aromatic heterocycles. The predicted octanol–water partition coefficient (Wildman–Crippen LogP) is 10.4. The van der Waals surface area contributed by atoms with Gasteiger partial charge in [0.2, 0.25) is 0 Å². The fourth-order valence-corrected chi connectivity index (χ4v) is 5.68. The summed E-state index contributed by atoms with van der Waals surface area (Å²) in [5, 5.41) is 13.7. The van der Waals surface area contributed by atoms with E-state index in [9.17, 15) is 5.26 Å². The van der Waals surface area contributed by atoms with Crippen molar-refractivity contribution in [1.29, 1.82) is 5.26 Å². The molecule has 40 heavy (non-hydrogen) atoms. The molecule has 0 fully saturated rings. The Bertz CT molecular complexity index is 2140. The number of fused-ring (bicyclic) bond motifs is 6. The molecule has 0 saturated heterocycles. The fraction of sp³-hybridized carbons (Fsp3) is 0. The van der Waals surface area contributed by atoms with Crippen LogP contribution in [0.15, 0.2) is 136 Å². The second-order valence-corrected chi connectivity index (χ2v) is 10.1. The molecule has 0 aliphatic carbocycles. The second kappa shape index (κ2) is 8.73. The lowest BCUT2D eigenvalue weighted by atomic mass is 9.92.